The highest BCUT2D eigenvalue weighted by Gasteiger charge is 2.22. The third kappa shape index (κ3) is 1.90. The molecule has 0 aliphatic carbocycles. The van der Waals surface area contributed by atoms with E-state index in [0.29, 0.717) is 5.56 Å². The molecule has 0 atom stereocenters. The van der Waals surface area contributed by atoms with Gasteiger partial charge in [-0.3, -0.25) is 4.79 Å². The summed E-state index contributed by atoms with van der Waals surface area (Å²) in [5, 5.41) is 4.44. The van der Waals surface area contributed by atoms with Gasteiger partial charge in [-0.05, 0) is 12.1 Å². The number of anilines is 1. The molecule has 4 heteroatoms. The first-order valence-corrected chi connectivity index (χ1v) is 5.71. The van der Waals surface area contributed by atoms with E-state index in [2.05, 4.69) is 5.10 Å². The Bertz CT molecular complexity index is 555. The Labute approximate surface area is 101 Å². The summed E-state index contributed by atoms with van der Waals surface area (Å²) < 4.78 is 1.75. The lowest BCUT2D eigenvalue weighted by atomic mass is 10.0. The number of fused-ring (bicyclic) bond motifs is 1. The summed E-state index contributed by atoms with van der Waals surface area (Å²) in [6, 6.07) is 5.76. The van der Waals surface area contributed by atoms with Crippen LogP contribution in [0.4, 0.5) is 5.82 Å². The van der Waals surface area contributed by atoms with E-state index in [1.54, 1.807) is 4.52 Å². The van der Waals surface area contributed by atoms with E-state index in [0.717, 1.165) is 11.3 Å². The van der Waals surface area contributed by atoms with Crippen molar-refractivity contribution in [3.05, 3.63) is 30.0 Å². The number of aromatic nitrogens is 2. The van der Waals surface area contributed by atoms with Crippen molar-refractivity contribution < 1.29 is 4.79 Å². The first kappa shape index (κ1) is 11.6. The molecule has 0 radical (unpaired) electrons. The molecule has 0 aliphatic rings. The Kier molecular flexibility index (Phi) is 2.88. The fraction of sp³-hybridized carbons (Fsp3) is 0.385. The summed E-state index contributed by atoms with van der Waals surface area (Å²) in [4.78, 5) is 14.1. The molecular formula is C13H17N3O. The van der Waals surface area contributed by atoms with Crippen LogP contribution in [0, 0.1) is 5.92 Å². The van der Waals surface area contributed by atoms with Crippen molar-refractivity contribution in [1.29, 1.82) is 0 Å². The predicted octanol–water partition coefficient (Wildman–Crippen LogP) is 2.24. The normalized spacial score (nSPS) is 11.1. The summed E-state index contributed by atoms with van der Waals surface area (Å²) in [6.07, 6.45) is 1.86. The highest BCUT2D eigenvalue weighted by Crippen LogP contribution is 2.25. The van der Waals surface area contributed by atoms with Gasteiger partial charge in [0.05, 0.1) is 11.1 Å². The smallest absolute Gasteiger partial charge is 0.171 e. The van der Waals surface area contributed by atoms with Crippen LogP contribution in [0.5, 0.6) is 0 Å². The molecule has 17 heavy (non-hydrogen) atoms. The van der Waals surface area contributed by atoms with Crippen molar-refractivity contribution in [3.63, 3.8) is 0 Å². The van der Waals surface area contributed by atoms with Gasteiger partial charge in [-0.25, -0.2) is 4.52 Å². The molecule has 0 unspecified atom stereocenters. The number of carbonyl (C=O) groups excluding carboxylic acids is 1. The average molecular weight is 231 g/mol. The maximum absolute atomic E-state index is 12.3. The first-order valence-electron chi connectivity index (χ1n) is 5.71. The Morgan fingerprint density at radius 1 is 1.35 bits per heavy atom. The van der Waals surface area contributed by atoms with Gasteiger partial charge in [0.2, 0.25) is 0 Å². The summed E-state index contributed by atoms with van der Waals surface area (Å²) >= 11 is 0. The Morgan fingerprint density at radius 2 is 2.06 bits per heavy atom. The predicted molar refractivity (Wildman–Crippen MR) is 68.7 cm³/mol. The van der Waals surface area contributed by atoms with Crippen LogP contribution >= 0.6 is 0 Å². The van der Waals surface area contributed by atoms with Crippen LogP contribution in [0.1, 0.15) is 24.2 Å². The van der Waals surface area contributed by atoms with E-state index in [4.69, 9.17) is 0 Å². The molecule has 0 spiro atoms. The molecule has 2 rings (SSSR count). The fourth-order valence-electron chi connectivity index (χ4n) is 1.82. The van der Waals surface area contributed by atoms with Crippen LogP contribution in [0.15, 0.2) is 24.4 Å². The van der Waals surface area contributed by atoms with E-state index in [9.17, 15) is 4.79 Å². The van der Waals surface area contributed by atoms with Gasteiger partial charge >= 0.3 is 0 Å². The number of rotatable bonds is 3. The lowest BCUT2D eigenvalue weighted by Gasteiger charge is -2.11. The molecule has 0 aliphatic heterocycles. The topological polar surface area (TPSA) is 37.6 Å². The second kappa shape index (κ2) is 4.20. The monoisotopic (exact) mass is 231 g/mol. The van der Waals surface area contributed by atoms with E-state index >= 15 is 0 Å². The minimum Gasteiger partial charge on any atom is -0.361 e. The quantitative estimate of drug-likeness (QED) is 0.760. The van der Waals surface area contributed by atoms with Crippen molar-refractivity contribution in [3.8, 4) is 0 Å². The van der Waals surface area contributed by atoms with Gasteiger partial charge in [-0.1, -0.05) is 19.9 Å². The lowest BCUT2D eigenvalue weighted by molar-refractivity contribution is 0.0941. The van der Waals surface area contributed by atoms with Gasteiger partial charge in [0.1, 0.15) is 0 Å². The fourth-order valence-corrected chi connectivity index (χ4v) is 1.82. The van der Waals surface area contributed by atoms with E-state index in [-0.39, 0.29) is 11.7 Å². The summed E-state index contributed by atoms with van der Waals surface area (Å²) in [5.41, 5.74) is 1.58. The lowest BCUT2D eigenvalue weighted by Crippen LogP contribution is -2.15. The highest BCUT2D eigenvalue weighted by atomic mass is 16.1. The summed E-state index contributed by atoms with van der Waals surface area (Å²) in [5.74, 6) is 0.840. The molecule has 2 aromatic rings. The van der Waals surface area contributed by atoms with Crippen LogP contribution in [0.25, 0.3) is 5.52 Å². The molecule has 90 valence electrons. The number of hydrogen-bond acceptors (Lipinski definition) is 3. The number of nitrogens with zero attached hydrogens (tertiary/aromatic N) is 3. The maximum Gasteiger partial charge on any atom is 0.171 e. The molecule has 0 N–H and O–H groups in total. The van der Waals surface area contributed by atoms with E-state index in [1.165, 1.54) is 0 Å². The molecule has 0 saturated carbocycles. The van der Waals surface area contributed by atoms with Gasteiger partial charge in [-0.2, -0.15) is 0 Å². The number of carbonyl (C=O) groups is 1. The second-order valence-corrected chi connectivity index (χ2v) is 4.64. The Morgan fingerprint density at radius 3 is 2.65 bits per heavy atom. The highest BCUT2D eigenvalue weighted by molar-refractivity contribution is 6.07. The van der Waals surface area contributed by atoms with Gasteiger partial charge in [-0.15, -0.1) is 5.10 Å². The minimum absolute atomic E-state index is 0.0260. The first-order chi connectivity index (χ1) is 8.02. The summed E-state index contributed by atoms with van der Waals surface area (Å²) in [7, 11) is 3.80. The van der Waals surface area contributed by atoms with Gasteiger partial charge < -0.3 is 4.90 Å². The largest absolute Gasteiger partial charge is 0.361 e. The Hall–Kier alpha value is -1.84. The van der Waals surface area contributed by atoms with Crippen LogP contribution < -0.4 is 4.90 Å². The number of pyridine rings is 1. The van der Waals surface area contributed by atoms with Gasteiger partial charge in [0.25, 0.3) is 0 Å². The van der Waals surface area contributed by atoms with E-state index < -0.39 is 0 Å². The third-order valence-corrected chi connectivity index (χ3v) is 2.72. The molecule has 2 heterocycles. The molecule has 0 amide bonds. The minimum atomic E-state index is -0.0260. The molecule has 0 saturated heterocycles. The van der Waals surface area contributed by atoms with E-state index in [1.807, 2.05) is 57.2 Å². The zero-order valence-corrected chi connectivity index (χ0v) is 10.6. The Balaban J connectivity index is 2.72. The van der Waals surface area contributed by atoms with Crippen molar-refractivity contribution in [2.45, 2.75) is 13.8 Å². The van der Waals surface area contributed by atoms with Gasteiger partial charge in [0, 0.05) is 26.2 Å². The van der Waals surface area contributed by atoms with Crippen molar-refractivity contribution in [1.82, 2.24) is 9.61 Å². The van der Waals surface area contributed by atoms with Crippen LogP contribution in [-0.2, 0) is 0 Å². The molecular weight excluding hydrogens is 214 g/mol. The second-order valence-electron chi connectivity index (χ2n) is 4.64. The number of ketones is 1. The molecule has 4 nitrogen and oxygen atoms in total. The van der Waals surface area contributed by atoms with Crippen LogP contribution in [-0.4, -0.2) is 29.5 Å². The maximum atomic E-state index is 12.3. The van der Waals surface area contributed by atoms with Crippen molar-refractivity contribution >= 4 is 17.1 Å². The standard InChI is InChI=1S/C13H17N3O/c1-9(2)12(17)11-10-7-5-6-8-16(10)14-13(11)15(3)4/h5-9H,1-4H3. The van der Waals surface area contributed by atoms with Gasteiger partial charge in [0.15, 0.2) is 11.6 Å². The summed E-state index contributed by atoms with van der Waals surface area (Å²) in [6.45, 7) is 3.82. The molecule has 0 aromatic carbocycles. The zero-order chi connectivity index (χ0) is 12.6. The number of Topliss-reactive ketones (excluding diaryl/α,β-unsaturated/α-hetero) is 1. The average Bonchev–Trinajstić information content (AvgIpc) is 2.67. The SMILES string of the molecule is CC(C)C(=O)c1c(N(C)C)nn2ccccc12. The molecule has 2 aromatic heterocycles. The van der Waals surface area contributed by atoms with Crippen LogP contribution in [0.2, 0.25) is 0 Å². The molecule has 0 bridgehead atoms. The van der Waals surface area contributed by atoms with Crippen LogP contribution in [0.3, 0.4) is 0 Å². The number of hydrogen-bond donors (Lipinski definition) is 0. The van der Waals surface area contributed by atoms with Crippen molar-refractivity contribution in [2.75, 3.05) is 19.0 Å². The third-order valence-electron chi connectivity index (χ3n) is 2.72. The van der Waals surface area contributed by atoms with Crippen molar-refractivity contribution in [2.24, 2.45) is 5.92 Å². The zero-order valence-electron chi connectivity index (χ0n) is 10.6. The molecule has 0 fully saturated rings.